The first-order valence-electron chi connectivity index (χ1n) is 9.03. The molecule has 4 heteroatoms. The molecule has 0 bridgehead atoms. The van der Waals surface area contributed by atoms with E-state index in [-0.39, 0.29) is 10.8 Å². The summed E-state index contributed by atoms with van der Waals surface area (Å²) in [7, 11) is 0. The third kappa shape index (κ3) is 4.40. The van der Waals surface area contributed by atoms with E-state index in [1.807, 2.05) is 0 Å². The van der Waals surface area contributed by atoms with E-state index < -0.39 is 0 Å². The number of phenols is 1. The lowest BCUT2D eigenvalue weighted by molar-refractivity contribution is 0.422. The second kappa shape index (κ2) is 7.32. The van der Waals surface area contributed by atoms with Crippen LogP contribution in [-0.4, -0.2) is 16.2 Å². The minimum atomic E-state index is -0.128. The Morgan fingerprint density at radius 2 is 1.58 bits per heavy atom. The van der Waals surface area contributed by atoms with Crippen molar-refractivity contribution in [1.82, 2.24) is 0 Å². The minimum Gasteiger partial charge on any atom is -0.507 e. The SMILES string of the molecule is CC(C)(C)c1cc(CCCC2=C(C#N)N=CC2=S)cc(C(C)(C)C)c1O. The molecule has 3 nitrogen and oxygen atoms in total. The first-order valence-corrected chi connectivity index (χ1v) is 9.44. The van der Waals surface area contributed by atoms with Crippen LogP contribution >= 0.6 is 12.2 Å². The predicted octanol–water partition coefficient (Wildman–Crippen LogP) is 5.54. The first-order chi connectivity index (χ1) is 11.9. The first kappa shape index (κ1) is 20.3. The second-order valence-corrected chi connectivity index (χ2v) is 9.39. The van der Waals surface area contributed by atoms with Crippen molar-refractivity contribution in [2.75, 3.05) is 0 Å². The van der Waals surface area contributed by atoms with E-state index in [1.54, 1.807) is 6.21 Å². The molecular weight excluding hydrogens is 340 g/mol. The van der Waals surface area contributed by atoms with Gasteiger partial charge in [0.2, 0.25) is 0 Å². The molecule has 0 amide bonds. The second-order valence-electron chi connectivity index (χ2n) is 8.95. The van der Waals surface area contributed by atoms with Crippen molar-refractivity contribution >= 4 is 23.3 Å². The fourth-order valence-electron chi connectivity index (χ4n) is 3.18. The molecule has 0 radical (unpaired) electrons. The fourth-order valence-corrected chi connectivity index (χ4v) is 3.44. The van der Waals surface area contributed by atoms with Crippen LogP contribution in [0.1, 0.15) is 71.1 Å². The quantitative estimate of drug-likeness (QED) is 0.710. The highest BCUT2D eigenvalue weighted by Gasteiger charge is 2.26. The Morgan fingerprint density at radius 3 is 2.04 bits per heavy atom. The Balaban J connectivity index is 2.28. The van der Waals surface area contributed by atoms with Gasteiger partial charge in [-0.2, -0.15) is 5.26 Å². The molecule has 1 aromatic carbocycles. The Morgan fingerprint density at radius 1 is 1.04 bits per heavy atom. The number of aryl methyl sites for hydroxylation is 1. The van der Waals surface area contributed by atoms with Crippen molar-refractivity contribution in [2.45, 2.75) is 71.6 Å². The van der Waals surface area contributed by atoms with Gasteiger partial charge < -0.3 is 5.11 Å². The average molecular weight is 369 g/mol. The molecule has 0 atom stereocenters. The standard InChI is InChI=1S/C22H28N2OS/c1-21(2,3)16-10-14(11-17(20(16)25)22(4,5)6)8-7-9-15-18(12-23)24-13-19(15)26/h10-11,13,25H,7-9H2,1-6H3. The maximum atomic E-state index is 10.8. The van der Waals surface area contributed by atoms with Gasteiger partial charge in [-0.1, -0.05) is 65.9 Å². The molecule has 0 spiro atoms. The van der Waals surface area contributed by atoms with E-state index in [2.05, 4.69) is 64.7 Å². The van der Waals surface area contributed by atoms with Gasteiger partial charge in [0.15, 0.2) is 0 Å². The maximum absolute atomic E-state index is 10.8. The normalized spacial score (nSPS) is 14.9. The number of thiocarbonyl (C=S) groups is 1. The van der Waals surface area contributed by atoms with Crippen LogP contribution in [0, 0.1) is 11.3 Å². The molecule has 1 aromatic rings. The highest BCUT2D eigenvalue weighted by Crippen LogP contribution is 2.40. The lowest BCUT2D eigenvalue weighted by Crippen LogP contribution is -2.18. The Labute approximate surface area is 162 Å². The molecule has 138 valence electrons. The summed E-state index contributed by atoms with van der Waals surface area (Å²) in [6.07, 6.45) is 4.11. The molecule has 0 unspecified atom stereocenters. The number of allylic oxidation sites excluding steroid dienone is 2. The van der Waals surface area contributed by atoms with Crippen molar-refractivity contribution in [3.05, 3.63) is 40.1 Å². The number of nitriles is 1. The van der Waals surface area contributed by atoms with Crippen LogP contribution in [0.15, 0.2) is 28.4 Å². The summed E-state index contributed by atoms with van der Waals surface area (Å²) in [4.78, 5) is 4.74. The number of nitrogens with zero attached hydrogens (tertiary/aromatic N) is 2. The molecule has 0 aliphatic carbocycles. The molecular formula is C22H28N2OS. The Bertz CT molecular complexity index is 792. The van der Waals surface area contributed by atoms with E-state index in [1.165, 1.54) is 5.56 Å². The number of benzene rings is 1. The highest BCUT2D eigenvalue weighted by molar-refractivity contribution is 7.82. The number of aliphatic imine (C=N–C) groups is 1. The summed E-state index contributed by atoms with van der Waals surface area (Å²) in [5, 5.41) is 20.0. The zero-order valence-electron chi connectivity index (χ0n) is 16.6. The molecule has 26 heavy (non-hydrogen) atoms. The van der Waals surface area contributed by atoms with Gasteiger partial charge in [0.1, 0.15) is 17.5 Å². The van der Waals surface area contributed by atoms with Crippen LogP contribution in [0.4, 0.5) is 0 Å². The van der Waals surface area contributed by atoms with Gasteiger partial charge in [-0.3, -0.25) is 0 Å². The Kier molecular flexibility index (Phi) is 5.73. The van der Waals surface area contributed by atoms with Gasteiger partial charge in [-0.15, -0.1) is 0 Å². The molecule has 1 aliphatic rings. The average Bonchev–Trinajstić information content (AvgIpc) is 2.87. The van der Waals surface area contributed by atoms with Gasteiger partial charge in [0.05, 0.1) is 4.86 Å². The van der Waals surface area contributed by atoms with Crippen molar-refractivity contribution in [1.29, 1.82) is 5.26 Å². The predicted molar refractivity (Wildman–Crippen MR) is 112 cm³/mol. The van der Waals surface area contributed by atoms with Gasteiger partial charge >= 0.3 is 0 Å². The third-order valence-corrected chi connectivity index (χ3v) is 5.03. The summed E-state index contributed by atoms with van der Waals surface area (Å²) >= 11 is 5.28. The van der Waals surface area contributed by atoms with Gasteiger partial charge in [0, 0.05) is 11.8 Å². The highest BCUT2D eigenvalue weighted by atomic mass is 32.1. The molecule has 1 N–H and O–H groups in total. The zero-order chi connectivity index (χ0) is 19.7. The third-order valence-electron chi connectivity index (χ3n) is 4.68. The number of aromatic hydroxyl groups is 1. The van der Waals surface area contributed by atoms with Crippen molar-refractivity contribution in [3.8, 4) is 11.8 Å². The Hall–Kier alpha value is -1.99. The fraction of sp³-hybridized carbons (Fsp3) is 0.500. The largest absolute Gasteiger partial charge is 0.507 e. The molecule has 2 rings (SSSR count). The summed E-state index contributed by atoms with van der Waals surface area (Å²) < 4.78 is 0. The summed E-state index contributed by atoms with van der Waals surface area (Å²) in [5.74, 6) is 0.411. The summed E-state index contributed by atoms with van der Waals surface area (Å²) in [6, 6.07) is 6.36. The topological polar surface area (TPSA) is 56.4 Å². The van der Waals surface area contributed by atoms with Gasteiger partial charge in [-0.05, 0) is 46.8 Å². The monoisotopic (exact) mass is 368 g/mol. The number of phenolic OH excluding ortho intramolecular Hbond substituents is 1. The van der Waals surface area contributed by atoms with Crippen LogP contribution in [0.5, 0.6) is 5.75 Å². The van der Waals surface area contributed by atoms with E-state index in [9.17, 15) is 5.11 Å². The van der Waals surface area contributed by atoms with E-state index in [0.717, 1.165) is 36.0 Å². The van der Waals surface area contributed by atoms with Crippen LogP contribution < -0.4 is 0 Å². The molecule has 0 saturated carbocycles. The van der Waals surface area contributed by atoms with Crippen molar-refractivity contribution < 1.29 is 5.11 Å². The summed E-state index contributed by atoms with van der Waals surface area (Å²) in [6.45, 7) is 12.7. The van der Waals surface area contributed by atoms with Crippen LogP contribution in [0.2, 0.25) is 0 Å². The molecule has 1 heterocycles. The van der Waals surface area contributed by atoms with Crippen molar-refractivity contribution in [3.63, 3.8) is 0 Å². The molecule has 1 aliphatic heterocycles. The van der Waals surface area contributed by atoms with Crippen LogP contribution in [-0.2, 0) is 17.3 Å². The number of rotatable bonds is 4. The van der Waals surface area contributed by atoms with E-state index in [0.29, 0.717) is 16.3 Å². The van der Waals surface area contributed by atoms with Crippen LogP contribution in [0.3, 0.4) is 0 Å². The number of hydrogen-bond acceptors (Lipinski definition) is 4. The van der Waals surface area contributed by atoms with Crippen molar-refractivity contribution in [2.24, 2.45) is 4.99 Å². The van der Waals surface area contributed by atoms with Gasteiger partial charge in [-0.25, -0.2) is 4.99 Å². The maximum Gasteiger partial charge on any atom is 0.145 e. The summed E-state index contributed by atoms with van der Waals surface area (Å²) in [5.41, 5.74) is 4.25. The smallest absolute Gasteiger partial charge is 0.145 e. The lowest BCUT2D eigenvalue weighted by Gasteiger charge is -2.28. The minimum absolute atomic E-state index is 0.128. The zero-order valence-corrected chi connectivity index (χ0v) is 17.4. The molecule has 0 saturated heterocycles. The lowest BCUT2D eigenvalue weighted by atomic mass is 9.78. The number of hydrogen-bond donors (Lipinski definition) is 1. The van der Waals surface area contributed by atoms with Crippen LogP contribution in [0.25, 0.3) is 0 Å². The molecule has 0 fully saturated rings. The molecule has 0 aromatic heterocycles. The van der Waals surface area contributed by atoms with E-state index in [4.69, 9.17) is 17.5 Å². The van der Waals surface area contributed by atoms with Gasteiger partial charge in [0.25, 0.3) is 0 Å². The van der Waals surface area contributed by atoms with E-state index >= 15 is 0 Å².